The molecule has 0 spiro atoms. The number of aliphatic carboxylic acids is 2. The minimum absolute atomic E-state index is 1.32. The van der Waals surface area contributed by atoms with Gasteiger partial charge >= 0.3 is 53.7 Å². The summed E-state index contributed by atoms with van der Waals surface area (Å²) in [4.78, 5) is 18.4. The van der Waals surface area contributed by atoms with Gasteiger partial charge in [-0.05, 0) is 0 Å². The summed E-state index contributed by atoms with van der Waals surface area (Å²) >= 11 is 0. The lowest BCUT2D eigenvalue weighted by Gasteiger charge is -2.43. The summed E-state index contributed by atoms with van der Waals surface area (Å²) in [7, 11) is 0. The standard InChI is InChI=1S/C10H7F15O2.2C3H3FO2/c11-4(12,1-3(27)2-26)6(14,15)8(18,19)7(16,17)5(13,9(20,21)22)10(23,24)25;2*1-2(4)3(5)6/h3,26-27H,1-2H2;2*1H2,(H,5,6). The highest BCUT2D eigenvalue weighted by Gasteiger charge is 2.95. The van der Waals surface area contributed by atoms with Gasteiger partial charge < -0.3 is 20.4 Å². The van der Waals surface area contributed by atoms with Gasteiger partial charge in [0.05, 0.1) is 12.7 Å². The van der Waals surface area contributed by atoms with Crippen LogP contribution in [0.2, 0.25) is 0 Å². The van der Waals surface area contributed by atoms with E-state index in [4.69, 9.17) is 20.4 Å². The van der Waals surface area contributed by atoms with Crippen LogP contribution in [0.15, 0.2) is 24.8 Å². The Balaban J connectivity index is -0.000000889. The van der Waals surface area contributed by atoms with Gasteiger partial charge in [-0.25, -0.2) is 14.0 Å². The van der Waals surface area contributed by atoms with Gasteiger partial charge in [-0.2, -0.15) is 70.2 Å². The van der Waals surface area contributed by atoms with Gasteiger partial charge in [-0.1, -0.05) is 13.2 Å². The number of aliphatic hydroxyl groups excluding tert-OH is 2. The van der Waals surface area contributed by atoms with Crippen molar-refractivity contribution in [3.05, 3.63) is 24.8 Å². The van der Waals surface area contributed by atoms with Crippen molar-refractivity contribution in [3.63, 3.8) is 0 Å². The van der Waals surface area contributed by atoms with Crippen molar-refractivity contribution in [2.45, 2.75) is 54.2 Å². The molecule has 4 N–H and O–H groups in total. The molecule has 0 aromatic rings. The van der Waals surface area contributed by atoms with Gasteiger partial charge in [0.2, 0.25) is 11.7 Å². The second kappa shape index (κ2) is 13.0. The van der Waals surface area contributed by atoms with E-state index in [1.165, 1.54) is 0 Å². The van der Waals surface area contributed by atoms with Gasteiger partial charge in [0.25, 0.3) is 0 Å². The fourth-order valence-electron chi connectivity index (χ4n) is 1.65. The van der Waals surface area contributed by atoms with Crippen LogP contribution in [0.4, 0.5) is 74.6 Å². The minimum atomic E-state index is -8.48. The van der Waals surface area contributed by atoms with Crippen LogP contribution in [0.3, 0.4) is 0 Å². The number of carboxylic acid groups (broad SMARTS) is 2. The number of aliphatic hydroxyl groups is 2. The lowest BCUT2D eigenvalue weighted by Crippen LogP contribution is -2.75. The molecule has 0 fully saturated rings. The fourth-order valence-corrected chi connectivity index (χ4v) is 1.65. The van der Waals surface area contributed by atoms with Crippen molar-refractivity contribution < 1.29 is 105 Å². The van der Waals surface area contributed by atoms with Crippen LogP contribution in [0.1, 0.15) is 6.42 Å². The Kier molecular flexibility index (Phi) is 13.5. The Bertz CT molecular complexity index is 815. The maximum absolute atomic E-state index is 13.2. The van der Waals surface area contributed by atoms with E-state index in [2.05, 4.69) is 13.2 Å². The highest BCUT2D eigenvalue weighted by molar-refractivity contribution is 5.83. The zero-order valence-corrected chi connectivity index (χ0v) is 17.9. The fraction of sp³-hybridized carbons (Fsp3) is 0.625. The summed E-state index contributed by atoms with van der Waals surface area (Å²) in [6.45, 7) is 3.12. The predicted molar refractivity (Wildman–Crippen MR) is 89.2 cm³/mol. The van der Waals surface area contributed by atoms with Crippen LogP contribution in [-0.2, 0) is 9.59 Å². The summed E-state index contributed by atoms with van der Waals surface area (Å²) in [5, 5.41) is 31.7. The Labute approximate surface area is 203 Å². The number of alkyl halides is 15. The van der Waals surface area contributed by atoms with Crippen molar-refractivity contribution in [2.75, 3.05) is 6.61 Å². The van der Waals surface area contributed by atoms with Crippen molar-refractivity contribution in [2.24, 2.45) is 0 Å². The molecule has 0 saturated carbocycles. The van der Waals surface area contributed by atoms with Gasteiger partial charge in [0.1, 0.15) is 0 Å². The third kappa shape index (κ3) is 8.83. The van der Waals surface area contributed by atoms with Crippen molar-refractivity contribution in [3.8, 4) is 0 Å². The molecule has 23 heteroatoms. The van der Waals surface area contributed by atoms with Gasteiger partial charge in [-0.3, -0.25) is 0 Å². The molecule has 0 heterocycles. The normalized spacial score (nSPS) is 14.2. The molecule has 0 radical (unpaired) electrons. The molecule has 6 nitrogen and oxygen atoms in total. The summed E-state index contributed by atoms with van der Waals surface area (Å²) < 4.78 is 214. The largest absolute Gasteiger partial charge is 0.476 e. The summed E-state index contributed by atoms with van der Waals surface area (Å²) in [6, 6.07) is 0. The molecule has 0 aromatic heterocycles. The number of hydrogen-bond acceptors (Lipinski definition) is 4. The molecule has 0 saturated heterocycles. The van der Waals surface area contributed by atoms with E-state index in [-0.39, 0.29) is 0 Å². The lowest BCUT2D eigenvalue weighted by molar-refractivity contribution is -0.457. The van der Waals surface area contributed by atoms with Crippen molar-refractivity contribution in [1.82, 2.24) is 0 Å². The molecule has 39 heavy (non-hydrogen) atoms. The maximum Gasteiger partial charge on any atom is 0.438 e. The van der Waals surface area contributed by atoms with Crippen LogP contribution in [0, 0.1) is 0 Å². The highest BCUT2D eigenvalue weighted by atomic mass is 19.4. The first kappa shape index (κ1) is 40.6. The van der Waals surface area contributed by atoms with E-state index in [0.29, 0.717) is 0 Å². The summed E-state index contributed by atoms with van der Waals surface area (Å²) in [5.74, 6) is -36.9. The molecule has 1 unspecified atom stereocenters. The van der Waals surface area contributed by atoms with E-state index in [0.717, 1.165) is 0 Å². The van der Waals surface area contributed by atoms with Crippen molar-refractivity contribution in [1.29, 1.82) is 0 Å². The number of carbonyl (C=O) groups is 2. The van der Waals surface area contributed by atoms with Gasteiger partial charge in [0, 0.05) is 6.42 Å². The molecule has 0 aliphatic rings. The number of hydrogen-bond donors (Lipinski definition) is 4. The van der Waals surface area contributed by atoms with E-state index in [1.54, 1.807) is 0 Å². The van der Waals surface area contributed by atoms with Gasteiger partial charge in [0.15, 0.2) is 0 Å². The van der Waals surface area contributed by atoms with Crippen LogP contribution >= 0.6 is 0 Å². The Morgan fingerprint density at radius 2 is 0.872 bits per heavy atom. The lowest BCUT2D eigenvalue weighted by atomic mass is 9.85. The Hall–Kier alpha value is -2.85. The molecule has 0 aliphatic heterocycles. The molecule has 1 atom stereocenters. The zero-order valence-electron chi connectivity index (χ0n) is 17.9. The molecule has 0 rings (SSSR count). The predicted octanol–water partition coefficient (Wildman–Crippen LogP) is 5.21. The molecule has 232 valence electrons. The second-order valence-corrected chi connectivity index (χ2v) is 6.54. The van der Waals surface area contributed by atoms with E-state index < -0.39 is 84.4 Å². The first-order chi connectivity index (χ1) is 16.7. The van der Waals surface area contributed by atoms with E-state index in [9.17, 15) is 84.2 Å². The molecular weight excluding hydrogens is 611 g/mol. The Morgan fingerprint density at radius 3 is 1.05 bits per heavy atom. The van der Waals surface area contributed by atoms with Gasteiger partial charge in [-0.15, -0.1) is 0 Å². The van der Waals surface area contributed by atoms with E-state index >= 15 is 0 Å². The smallest absolute Gasteiger partial charge is 0.438 e. The number of carboxylic acids is 2. The quantitative estimate of drug-likeness (QED) is 0.207. The van der Waals surface area contributed by atoms with Crippen LogP contribution < -0.4 is 0 Å². The second-order valence-electron chi connectivity index (χ2n) is 6.54. The average molecular weight is 624 g/mol. The number of rotatable bonds is 9. The minimum Gasteiger partial charge on any atom is -0.476 e. The molecule has 0 aromatic carbocycles. The van der Waals surface area contributed by atoms with E-state index in [1.807, 2.05) is 0 Å². The monoisotopic (exact) mass is 624 g/mol. The van der Waals surface area contributed by atoms with Crippen molar-refractivity contribution >= 4 is 11.9 Å². The van der Waals surface area contributed by atoms with Crippen LogP contribution in [0.5, 0.6) is 0 Å². The first-order valence-electron chi connectivity index (χ1n) is 8.52. The summed E-state index contributed by atoms with van der Waals surface area (Å²) in [5.41, 5.74) is -8.34. The van der Waals surface area contributed by atoms with Crippen LogP contribution in [0.25, 0.3) is 0 Å². The summed E-state index contributed by atoms with van der Waals surface area (Å²) in [6.07, 6.45) is -22.0. The average Bonchev–Trinajstić information content (AvgIpc) is 2.71. The first-order valence-corrected chi connectivity index (χ1v) is 8.52. The molecule has 0 bridgehead atoms. The number of halogens is 17. The molecular formula is C16H13F17O6. The Morgan fingerprint density at radius 1 is 0.615 bits per heavy atom. The SMILES string of the molecule is C=C(F)C(=O)O.C=C(F)C(=O)O.OCC(O)CC(F)(F)C(F)(F)C(F)(F)C(F)(F)C(F)(C(F)(F)F)C(F)(F)F. The third-order valence-electron chi connectivity index (χ3n) is 3.63. The highest BCUT2D eigenvalue weighted by Crippen LogP contribution is 2.64. The maximum atomic E-state index is 13.2. The third-order valence-corrected chi connectivity index (χ3v) is 3.63. The zero-order chi connectivity index (χ0) is 32.8. The molecule has 0 aliphatic carbocycles. The topological polar surface area (TPSA) is 115 Å². The van der Waals surface area contributed by atoms with Crippen LogP contribution in [-0.4, -0.2) is 86.8 Å². The molecule has 0 amide bonds.